The molecule has 0 aliphatic heterocycles. The summed E-state index contributed by atoms with van der Waals surface area (Å²) in [6.45, 7) is 2.90. The predicted octanol–water partition coefficient (Wildman–Crippen LogP) is 5.07. The van der Waals surface area contributed by atoms with Crippen molar-refractivity contribution in [2.75, 3.05) is 33.8 Å². The number of likely N-dealkylation sites (N-methyl/N-ethyl adjacent to an activating group) is 1. The van der Waals surface area contributed by atoms with Gasteiger partial charge in [0.25, 0.3) is 11.5 Å². The minimum absolute atomic E-state index is 0.116. The third kappa shape index (κ3) is 5.68. The molecule has 1 heterocycles. The summed E-state index contributed by atoms with van der Waals surface area (Å²) in [5, 5.41) is 2.63. The summed E-state index contributed by atoms with van der Waals surface area (Å²) in [6, 6.07) is 30.1. The van der Waals surface area contributed by atoms with Gasteiger partial charge < -0.3 is 14.5 Å². The zero-order valence-corrected chi connectivity index (χ0v) is 22.4. The average molecular weight is 521 g/mol. The van der Waals surface area contributed by atoms with Crippen LogP contribution in [-0.2, 0) is 4.79 Å². The van der Waals surface area contributed by atoms with Crippen LogP contribution in [-0.4, -0.2) is 59.0 Å². The molecule has 1 amide bonds. The molecule has 0 spiro atoms. The van der Waals surface area contributed by atoms with Crippen LogP contribution in [0.3, 0.4) is 0 Å². The monoisotopic (exact) mass is 520 g/mol. The molecule has 1 aromatic heterocycles. The summed E-state index contributed by atoms with van der Waals surface area (Å²) in [6.07, 6.45) is 0. The number of hydrogen-bond donors (Lipinski definition) is 0. The summed E-state index contributed by atoms with van der Waals surface area (Å²) in [5.41, 5.74) is 1.14. The lowest BCUT2D eigenvalue weighted by atomic mass is 10.1. The molecule has 0 N–H and O–H groups in total. The van der Waals surface area contributed by atoms with Crippen molar-refractivity contribution in [1.82, 2.24) is 19.4 Å². The van der Waals surface area contributed by atoms with Gasteiger partial charge in [-0.15, -0.1) is 0 Å². The fourth-order valence-corrected chi connectivity index (χ4v) is 4.72. The number of rotatable bonds is 9. The first-order chi connectivity index (χ1) is 18.9. The molecule has 1 unspecified atom stereocenters. The largest absolute Gasteiger partial charge is 0.484 e. The lowest BCUT2D eigenvalue weighted by Gasteiger charge is -2.31. The number of amides is 1. The molecule has 0 aliphatic rings. The van der Waals surface area contributed by atoms with Gasteiger partial charge in [0.15, 0.2) is 6.61 Å². The molecule has 7 nitrogen and oxygen atoms in total. The maximum atomic E-state index is 13.9. The molecule has 5 aromatic rings. The third-order valence-corrected chi connectivity index (χ3v) is 6.85. The summed E-state index contributed by atoms with van der Waals surface area (Å²) in [5.74, 6) is 0.949. The van der Waals surface area contributed by atoms with E-state index < -0.39 is 6.04 Å². The maximum Gasteiger partial charge on any atom is 0.266 e. The fraction of sp³-hybridized carbons (Fsp3) is 0.219. The first-order valence-electron chi connectivity index (χ1n) is 13.1. The van der Waals surface area contributed by atoms with Crippen molar-refractivity contribution in [3.8, 4) is 11.4 Å². The number of para-hydroxylation sites is 2. The van der Waals surface area contributed by atoms with E-state index in [0.29, 0.717) is 41.3 Å². The molecule has 0 bridgehead atoms. The van der Waals surface area contributed by atoms with Crippen molar-refractivity contribution in [1.29, 1.82) is 0 Å². The van der Waals surface area contributed by atoms with E-state index in [1.54, 1.807) is 15.5 Å². The Balaban J connectivity index is 1.60. The summed E-state index contributed by atoms with van der Waals surface area (Å²) in [4.78, 5) is 36.3. The zero-order chi connectivity index (χ0) is 27.4. The normalized spacial score (nSPS) is 12.1. The van der Waals surface area contributed by atoms with Crippen LogP contribution in [0.2, 0.25) is 0 Å². The number of aromatic nitrogens is 2. The Kier molecular flexibility index (Phi) is 7.70. The lowest BCUT2D eigenvalue weighted by Crippen LogP contribution is -2.43. The van der Waals surface area contributed by atoms with Crippen LogP contribution in [0.25, 0.3) is 27.4 Å². The van der Waals surface area contributed by atoms with E-state index in [9.17, 15) is 9.59 Å². The van der Waals surface area contributed by atoms with Gasteiger partial charge in [-0.05, 0) is 68.2 Å². The van der Waals surface area contributed by atoms with Gasteiger partial charge >= 0.3 is 0 Å². The highest BCUT2D eigenvalue weighted by Crippen LogP contribution is 2.25. The Bertz CT molecular complexity index is 1660. The molecule has 0 saturated carbocycles. The van der Waals surface area contributed by atoms with E-state index >= 15 is 0 Å². The van der Waals surface area contributed by atoms with E-state index in [0.717, 1.165) is 10.8 Å². The molecule has 39 heavy (non-hydrogen) atoms. The smallest absolute Gasteiger partial charge is 0.266 e. The minimum atomic E-state index is -0.499. The molecular formula is C32H32N4O3. The van der Waals surface area contributed by atoms with Crippen LogP contribution in [0.4, 0.5) is 0 Å². The van der Waals surface area contributed by atoms with Crippen molar-refractivity contribution >= 4 is 27.6 Å². The van der Waals surface area contributed by atoms with Gasteiger partial charge in [0.05, 0.1) is 22.6 Å². The Morgan fingerprint density at radius 1 is 0.872 bits per heavy atom. The van der Waals surface area contributed by atoms with Crippen molar-refractivity contribution < 1.29 is 9.53 Å². The van der Waals surface area contributed by atoms with Crippen molar-refractivity contribution in [3.63, 3.8) is 0 Å². The van der Waals surface area contributed by atoms with Crippen LogP contribution >= 0.6 is 0 Å². The van der Waals surface area contributed by atoms with Crippen LogP contribution in [0.15, 0.2) is 102 Å². The Hall–Kier alpha value is -4.49. The highest BCUT2D eigenvalue weighted by molar-refractivity contribution is 5.85. The highest BCUT2D eigenvalue weighted by atomic mass is 16.5. The molecule has 198 valence electrons. The molecule has 1 atom stereocenters. The molecule has 5 rings (SSSR count). The van der Waals surface area contributed by atoms with Gasteiger partial charge in [-0.1, -0.05) is 60.7 Å². The number of hydrogen-bond acceptors (Lipinski definition) is 5. The minimum Gasteiger partial charge on any atom is -0.484 e. The standard InChI is InChI=1S/C32H32N4O3/c1-23(35(20-19-34(2)3)30(37)22-39-27-13-5-4-6-14-27)31-33-29-16-10-9-15-28(29)32(38)36(31)26-18-17-24-11-7-8-12-25(24)21-26/h4-18,21,23H,19-20,22H2,1-3H3. The Morgan fingerprint density at radius 3 is 2.33 bits per heavy atom. The second kappa shape index (κ2) is 11.5. The van der Waals surface area contributed by atoms with Crippen LogP contribution in [0.5, 0.6) is 5.75 Å². The molecule has 0 fully saturated rings. The van der Waals surface area contributed by atoms with E-state index in [1.165, 1.54) is 0 Å². The third-order valence-electron chi connectivity index (χ3n) is 6.85. The Labute approximate surface area is 227 Å². The fourth-order valence-electron chi connectivity index (χ4n) is 4.72. The molecule has 4 aromatic carbocycles. The SMILES string of the molecule is CC(c1nc2ccccc2c(=O)n1-c1ccc2ccccc2c1)N(CCN(C)C)C(=O)COc1ccccc1. The first kappa shape index (κ1) is 26.1. The van der Waals surface area contributed by atoms with E-state index in [2.05, 4.69) is 0 Å². The number of benzene rings is 4. The molecule has 0 aliphatic carbocycles. The van der Waals surface area contributed by atoms with Gasteiger partial charge in [-0.2, -0.15) is 0 Å². The summed E-state index contributed by atoms with van der Waals surface area (Å²) >= 11 is 0. The van der Waals surface area contributed by atoms with Gasteiger partial charge in [0, 0.05) is 13.1 Å². The molecule has 0 saturated heterocycles. The first-order valence-corrected chi connectivity index (χ1v) is 13.1. The lowest BCUT2D eigenvalue weighted by molar-refractivity contribution is -0.136. The van der Waals surface area contributed by atoms with Crippen molar-refractivity contribution in [2.45, 2.75) is 13.0 Å². The zero-order valence-electron chi connectivity index (χ0n) is 22.4. The van der Waals surface area contributed by atoms with Crippen molar-refractivity contribution in [3.05, 3.63) is 113 Å². The van der Waals surface area contributed by atoms with Crippen LogP contribution in [0.1, 0.15) is 18.8 Å². The number of nitrogens with zero attached hydrogens (tertiary/aromatic N) is 4. The second-order valence-electron chi connectivity index (χ2n) is 9.83. The highest BCUT2D eigenvalue weighted by Gasteiger charge is 2.27. The van der Waals surface area contributed by atoms with Gasteiger partial charge in [0.1, 0.15) is 11.6 Å². The molecule has 7 heteroatoms. The topological polar surface area (TPSA) is 67.7 Å². The second-order valence-corrected chi connectivity index (χ2v) is 9.83. The van der Waals surface area contributed by atoms with Gasteiger partial charge in [-0.3, -0.25) is 14.2 Å². The van der Waals surface area contributed by atoms with Gasteiger partial charge in [0.2, 0.25) is 0 Å². The van der Waals surface area contributed by atoms with Gasteiger partial charge in [-0.25, -0.2) is 4.98 Å². The quantitative estimate of drug-likeness (QED) is 0.272. The van der Waals surface area contributed by atoms with Crippen LogP contribution < -0.4 is 10.3 Å². The average Bonchev–Trinajstić information content (AvgIpc) is 2.96. The summed E-state index contributed by atoms with van der Waals surface area (Å²) < 4.78 is 7.45. The number of fused-ring (bicyclic) bond motifs is 2. The predicted molar refractivity (Wildman–Crippen MR) is 155 cm³/mol. The molecule has 0 radical (unpaired) electrons. The van der Waals surface area contributed by atoms with E-state index in [-0.39, 0.29) is 18.1 Å². The van der Waals surface area contributed by atoms with Crippen LogP contribution in [0, 0.1) is 0 Å². The van der Waals surface area contributed by atoms with E-state index in [1.807, 2.05) is 117 Å². The maximum absolute atomic E-state index is 13.9. The van der Waals surface area contributed by atoms with Crippen molar-refractivity contribution in [2.24, 2.45) is 0 Å². The Morgan fingerprint density at radius 2 is 1.56 bits per heavy atom. The summed E-state index contributed by atoms with van der Waals surface area (Å²) in [7, 11) is 3.93. The molecular weight excluding hydrogens is 488 g/mol. The van der Waals surface area contributed by atoms with E-state index in [4.69, 9.17) is 9.72 Å². The number of ether oxygens (including phenoxy) is 1. The number of carbonyl (C=O) groups is 1. The number of carbonyl (C=O) groups excluding carboxylic acids is 1.